The fourth-order valence-corrected chi connectivity index (χ4v) is 3.54. The van der Waals surface area contributed by atoms with Crippen LogP contribution in [0.3, 0.4) is 0 Å². The summed E-state index contributed by atoms with van der Waals surface area (Å²) in [6.07, 6.45) is 0.741. The van der Waals surface area contributed by atoms with Gasteiger partial charge in [0.2, 0.25) is 10.0 Å². The van der Waals surface area contributed by atoms with Gasteiger partial charge < -0.3 is 5.32 Å². The molecule has 0 atom stereocenters. The van der Waals surface area contributed by atoms with E-state index in [4.69, 9.17) is 11.6 Å². The van der Waals surface area contributed by atoms with Crippen molar-refractivity contribution in [3.63, 3.8) is 0 Å². The van der Waals surface area contributed by atoms with Crippen LogP contribution in [-0.2, 0) is 23.1 Å². The van der Waals surface area contributed by atoms with Crippen molar-refractivity contribution >= 4 is 21.6 Å². The van der Waals surface area contributed by atoms with Crippen molar-refractivity contribution in [1.29, 1.82) is 0 Å². The number of hydrogen-bond acceptors (Lipinski definition) is 4. The minimum Gasteiger partial charge on any atom is -0.312 e. The fourth-order valence-electron chi connectivity index (χ4n) is 2.69. The van der Waals surface area contributed by atoms with E-state index in [0.717, 1.165) is 34.9 Å². The summed E-state index contributed by atoms with van der Waals surface area (Å²) in [6.45, 7) is 8.23. The van der Waals surface area contributed by atoms with E-state index in [0.29, 0.717) is 19.6 Å². The van der Waals surface area contributed by atoms with Gasteiger partial charge in [0, 0.05) is 29.4 Å². The predicted octanol–water partition coefficient (Wildman–Crippen LogP) is 2.62. The van der Waals surface area contributed by atoms with Gasteiger partial charge in [0.05, 0.1) is 18.0 Å². The van der Waals surface area contributed by atoms with Crippen molar-refractivity contribution in [3.8, 4) is 0 Å². The lowest BCUT2D eigenvalue weighted by atomic mass is 10.2. The molecule has 6 nitrogen and oxygen atoms in total. The van der Waals surface area contributed by atoms with Gasteiger partial charge in [-0.2, -0.15) is 5.10 Å². The van der Waals surface area contributed by atoms with Crippen LogP contribution in [0.25, 0.3) is 0 Å². The first-order valence-corrected chi connectivity index (χ1v) is 10.8. The van der Waals surface area contributed by atoms with Crippen LogP contribution < -0.4 is 10.0 Å². The maximum atomic E-state index is 11.4. The van der Waals surface area contributed by atoms with Gasteiger partial charge in [-0.3, -0.25) is 4.68 Å². The molecule has 2 aromatic rings. The molecule has 0 aliphatic rings. The van der Waals surface area contributed by atoms with Crippen LogP contribution in [0.4, 0.5) is 0 Å². The molecule has 0 unspecified atom stereocenters. The summed E-state index contributed by atoms with van der Waals surface area (Å²) >= 11 is 6.25. The first kappa shape index (κ1) is 20.9. The number of hydrogen-bond donors (Lipinski definition) is 2. The zero-order chi connectivity index (χ0) is 19.2. The molecule has 0 aliphatic heterocycles. The number of aryl methyl sites for hydroxylation is 1. The predicted molar refractivity (Wildman–Crippen MR) is 106 cm³/mol. The Kier molecular flexibility index (Phi) is 7.64. The molecule has 144 valence electrons. The van der Waals surface area contributed by atoms with E-state index in [1.165, 1.54) is 5.56 Å². The average molecular weight is 399 g/mol. The van der Waals surface area contributed by atoms with Gasteiger partial charge in [-0.15, -0.1) is 0 Å². The third-order valence-corrected chi connectivity index (χ3v) is 6.12. The number of halogens is 1. The molecule has 8 heteroatoms. The smallest absolute Gasteiger partial charge is 0.211 e. The normalized spacial score (nSPS) is 11.8. The summed E-state index contributed by atoms with van der Waals surface area (Å²) in [5, 5.41) is 8.74. The van der Waals surface area contributed by atoms with Crippen LogP contribution in [0.1, 0.15) is 35.9 Å². The first-order valence-electron chi connectivity index (χ1n) is 8.78. The molecule has 0 aliphatic carbocycles. The Morgan fingerprint density at radius 1 is 1.19 bits per heavy atom. The van der Waals surface area contributed by atoms with Crippen molar-refractivity contribution in [2.24, 2.45) is 0 Å². The number of benzene rings is 1. The molecule has 2 rings (SSSR count). The van der Waals surface area contributed by atoms with Gasteiger partial charge in [-0.25, -0.2) is 13.1 Å². The van der Waals surface area contributed by atoms with Gasteiger partial charge in [-0.05, 0) is 45.4 Å². The molecule has 0 radical (unpaired) electrons. The van der Waals surface area contributed by atoms with Crippen molar-refractivity contribution in [1.82, 2.24) is 19.8 Å². The molecule has 0 saturated carbocycles. The molecular weight excluding hydrogens is 372 g/mol. The van der Waals surface area contributed by atoms with Crippen LogP contribution in [0.15, 0.2) is 24.3 Å². The van der Waals surface area contributed by atoms with Crippen LogP contribution in [-0.4, -0.2) is 37.0 Å². The lowest BCUT2D eigenvalue weighted by Crippen LogP contribution is -2.28. The van der Waals surface area contributed by atoms with E-state index < -0.39 is 10.0 Å². The first-order chi connectivity index (χ1) is 12.3. The Bertz CT molecular complexity index is 834. The minimum absolute atomic E-state index is 0.115. The summed E-state index contributed by atoms with van der Waals surface area (Å²) in [5.41, 5.74) is 4.32. The second kappa shape index (κ2) is 9.50. The van der Waals surface area contributed by atoms with E-state index in [-0.39, 0.29) is 5.75 Å². The maximum absolute atomic E-state index is 11.4. The van der Waals surface area contributed by atoms with E-state index in [2.05, 4.69) is 22.1 Å². The van der Waals surface area contributed by atoms with Crippen molar-refractivity contribution in [2.75, 3.05) is 18.8 Å². The molecule has 1 heterocycles. The largest absolute Gasteiger partial charge is 0.312 e. The van der Waals surface area contributed by atoms with Crippen molar-refractivity contribution in [2.45, 2.75) is 40.3 Å². The molecule has 0 fully saturated rings. The second-order valence-electron chi connectivity index (χ2n) is 6.23. The Balaban J connectivity index is 1.87. The zero-order valence-corrected chi connectivity index (χ0v) is 17.1. The van der Waals surface area contributed by atoms with Crippen LogP contribution >= 0.6 is 11.6 Å². The lowest BCUT2D eigenvalue weighted by molar-refractivity contribution is 0.574. The van der Waals surface area contributed by atoms with E-state index in [1.807, 2.05) is 35.9 Å². The Morgan fingerprint density at radius 3 is 2.62 bits per heavy atom. The van der Waals surface area contributed by atoms with Crippen LogP contribution in [0.2, 0.25) is 5.02 Å². The average Bonchev–Trinajstić information content (AvgIpc) is 2.87. The quantitative estimate of drug-likeness (QED) is 0.603. The molecule has 1 aromatic carbocycles. The zero-order valence-electron chi connectivity index (χ0n) is 15.5. The maximum Gasteiger partial charge on any atom is 0.211 e. The highest BCUT2D eigenvalue weighted by Crippen LogP contribution is 2.19. The summed E-state index contributed by atoms with van der Waals surface area (Å²) < 4.78 is 27.3. The molecule has 0 bridgehead atoms. The fraction of sp³-hybridized carbons (Fsp3) is 0.500. The molecule has 0 saturated heterocycles. The molecule has 0 spiro atoms. The second-order valence-corrected chi connectivity index (χ2v) is 8.73. The minimum atomic E-state index is -3.10. The van der Waals surface area contributed by atoms with E-state index in [1.54, 1.807) is 6.92 Å². The van der Waals surface area contributed by atoms with Crippen molar-refractivity contribution < 1.29 is 8.42 Å². The summed E-state index contributed by atoms with van der Waals surface area (Å²) in [4.78, 5) is 0. The van der Waals surface area contributed by atoms with Crippen LogP contribution in [0.5, 0.6) is 0 Å². The van der Waals surface area contributed by atoms with Gasteiger partial charge in [0.15, 0.2) is 0 Å². The summed E-state index contributed by atoms with van der Waals surface area (Å²) in [5.74, 6) is 0.115. The monoisotopic (exact) mass is 398 g/mol. The summed E-state index contributed by atoms with van der Waals surface area (Å²) in [6, 6.07) is 7.79. The summed E-state index contributed by atoms with van der Waals surface area (Å²) in [7, 11) is -3.10. The highest BCUT2D eigenvalue weighted by Gasteiger charge is 2.12. The molecule has 2 N–H and O–H groups in total. The van der Waals surface area contributed by atoms with Gasteiger partial charge >= 0.3 is 0 Å². The van der Waals surface area contributed by atoms with Gasteiger partial charge in [0.25, 0.3) is 0 Å². The highest BCUT2D eigenvalue weighted by atomic mass is 35.5. The number of nitrogens with one attached hydrogen (secondary N) is 2. The SMILES string of the molecule is CCS(=O)(=O)NCCCNCc1c(C)nn(Cc2ccccc2Cl)c1C. The Hall–Kier alpha value is -1.41. The number of sulfonamides is 1. The van der Waals surface area contributed by atoms with Crippen molar-refractivity contribution in [3.05, 3.63) is 51.8 Å². The third kappa shape index (κ3) is 5.81. The molecular formula is C18H27ClN4O2S. The standard InChI is InChI=1S/C18H27ClN4O2S/c1-4-26(24,25)21-11-7-10-20-12-17-14(2)22-23(15(17)3)13-16-8-5-6-9-18(16)19/h5-6,8-9,20-21H,4,7,10-13H2,1-3H3. The van der Waals surface area contributed by atoms with Gasteiger partial charge in [-0.1, -0.05) is 29.8 Å². The Labute approximate surface area is 161 Å². The van der Waals surface area contributed by atoms with E-state index >= 15 is 0 Å². The molecule has 0 amide bonds. The number of aromatic nitrogens is 2. The van der Waals surface area contributed by atoms with E-state index in [9.17, 15) is 8.42 Å². The highest BCUT2D eigenvalue weighted by molar-refractivity contribution is 7.89. The number of nitrogens with zero attached hydrogens (tertiary/aromatic N) is 2. The number of rotatable bonds is 10. The lowest BCUT2D eigenvalue weighted by Gasteiger charge is -2.08. The van der Waals surface area contributed by atoms with Gasteiger partial charge in [0.1, 0.15) is 0 Å². The third-order valence-electron chi connectivity index (χ3n) is 4.34. The molecule has 1 aromatic heterocycles. The molecule has 26 heavy (non-hydrogen) atoms. The Morgan fingerprint density at radius 2 is 1.92 bits per heavy atom. The van der Waals surface area contributed by atoms with Crippen LogP contribution in [0, 0.1) is 13.8 Å². The topological polar surface area (TPSA) is 76.0 Å².